The quantitative estimate of drug-likeness (QED) is 0.469. The van der Waals surface area contributed by atoms with Crippen molar-refractivity contribution in [2.45, 2.75) is 32.7 Å². The molecule has 4 heterocycles. The van der Waals surface area contributed by atoms with Crippen LogP contribution in [0.4, 0.5) is 5.82 Å². The molecule has 0 atom stereocenters. The van der Waals surface area contributed by atoms with Crippen LogP contribution < -0.4 is 15.6 Å². The Morgan fingerprint density at radius 2 is 1.94 bits per heavy atom. The average molecular weight is 453 g/mol. The molecule has 0 amide bonds. The van der Waals surface area contributed by atoms with E-state index in [1.807, 2.05) is 19.1 Å². The van der Waals surface area contributed by atoms with Crippen LogP contribution in [0.25, 0.3) is 22.3 Å². The normalized spacial score (nSPS) is 14.5. The molecule has 9 heteroatoms. The van der Waals surface area contributed by atoms with Crippen LogP contribution in [-0.4, -0.2) is 70.9 Å². The zero-order chi connectivity index (χ0) is 23.0. The SMILES string of the molecule is CCOCCn1c(=O)c(NCCN2CCCCC2)nc2cnc(-c3ccc(OC)nc3)cc21. The van der Waals surface area contributed by atoms with E-state index in [9.17, 15) is 4.79 Å². The number of methoxy groups -OCH3 is 1. The molecule has 0 bridgehead atoms. The van der Waals surface area contributed by atoms with Crippen molar-refractivity contribution < 1.29 is 9.47 Å². The lowest BCUT2D eigenvalue weighted by Gasteiger charge is -2.26. The highest BCUT2D eigenvalue weighted by molar-refractivity contribution is 5.80. The van der Waals surface area contributed by atoms with E-state index in [1.165, 1.54) is 19.3 Å². The fourth-order valence-electron chi connectivity index (χ4n) is 4.11. The van der Waals surface area contributed by atoms with Gasteiger partial charge in [0.05, 0.1) is 31.1 Å². The van der Waals surface area contributed by atoms with E-state index < -0.39 is 0 Å². The van der Waals surface area contributed by atoms with E-state index in [2.05, 4.69) is 25.2 Å². The maximum Gasteiger partial charge on any atom is 0.293 e. The van der Waals surface area contributed by atoms with Gasteiger partial charge in [-0.3, -0.25) is 9.78 Å². The lowest BCUT2D eigenvalue weighted by Crippen LogP contribution is -2.35. The number of hydrogen-bond acceptors (Lipinski definition) is 8. The Bertz CT molecular complexity index is 1110. The molecule has 4 rings (SSSR count). The largest absolute Gasteiger partial charge is 0.481 e. The molecule has 0 unspecified atom stereocenters. The second-order valence-corrected chi connectivity index (χ2v) is 8.09. The first-order valence-corrected chi connectivity index (χ1v) is 11.6. The van der Waals surface area contributed by atoms with E-state index in [0.29, 0.717) is 43.5 Å². The van der Waals surface area contributed by atoms with E-state index in [-0.39, 0.29) is 5.56 Å². The molecule has 1 N–H and O–H groups in total. The molecule has 0 radical (unpaired) electrons. The van der Waals surface area contributed by atoms with Crippen LogP contribution in [0, 0.1) is 0 Å². The minimum absolute atomic E-state index is 0.147. The van der Waals surface area contributed by atoms with Crippen LogP contribution in [-0.2, 0) is 11.3 Å². The van der Waals surface area contributed by atoms with E-state index >= 15 is 0 Å². The Kier molecular flexibility index (Phi) is 7.85. The molecule has 1 aliphatic rings. The summed E-state index contributed by atoms with van der Waals surface area (Å²) in [4.78, 5) is 29.2. The lowest BCUT2D eigenvalue weighted by atomic mass is 10.1. The first kappa shape index (κ1) is 23.1. The molecular weight excluding hydrogens is 420 g/mol. The van der Waals surface area contributed by atoms with Crippen LogP contribution in [0.2, 0.25) is 0 Å². The van der Waals surface area contributed by atoms with Gasteiger partial charge >= 0.3 is 0 Å². The number of nitrogens with zero attached hydrogens (tertiary/aromatic N) is 5. The second kappa shape index (κ2) is 11.2. The van der Waals surface area contributed by atoms with Crippen LogP contribution in [0.1, 0.15) is 26.2 Å². The van der Waals surface area contributed by atoms with Crippen molar-refractivity contribution in [2.24, 2.45) is 0 Å². The number of pyridine rings is 2. The molecule has 0 aliphatic carbocycles. The van der Waals surface area contributed by atoms with Gasteiger partial charge in [-0.25, -0.2) is 9.97 Å². The van der Waals surface area contributed by atoms with Crippen LogP contribution >= 0.6 is 0 Å². The second-order valence-electron chi connectivity index (χ2n) is 8.09. The summed E-state index contributed by atoms with van der Waals surface area (Å²) < 4.78 is 12.4. The number of nitrogens with one attached hydrogen (secondary N) is 1. The summed E-state index contributed by atoms with van der Waals surface area (Å²) in [5, 5.41) is 3.26. The predicted octanol–water partition coefficient (Wildman–Crippen LogP) is 2.80. The van der Waals surface area contributed by atoms with Gasteiger partial charge in [0.15, 0.2) is 5.82 Å². The van der Waals surface area contributed by atoms with Crippen LogP contribution in [0.3, 0.4) is 0 Å². The van der Waals surface area contributed by atoms with Gasteiger partial charge in [-0.15, -0.1) is 0 Å². The molecule has 0 spiro atoms. The third-order valence-corrected chi connectivity index (χ3v) is 5.91. The van der Waals surface area contributed by atoms with Crippen LogP contribution in [0.15, 0.2) is 35.4 Å². The molecular formula is C24H32N6O3. The highest BCUT2D eigenvalue weighted by atomic mass is 16.5. The number of anilines is 1. The Balaban J connectivity index is 1.62. The highest BCUT2D eigenvalue weighted by Crippen LogP contribution is 2.22. The summed E-state index contributed by atoms with van der Waals surface area (Å²) in [5.74, 6) is 0.895. The first-order chi connectivity index (χ1) is 16.2. The number of rotatable bonds is 10. The number of fused-ring (bicyclic) bond motifs is 1. The van der Waals surface area contributed by atoms with Gasteiger partial charge in [0.25, 0.3) is 5.56 Å². The van der Waals surface area contributed by atoms with Gasteiger partial charge in [0, 0.05) is 44.1 Å². The van der Waals surface area contributed by atoms with E-state index in [1.54, 1.807) is 30.1 Å². The number of ether oxygens (including phenoxy) is 2. The van der Waals surface area contributed by atoms with E-state index in [0.717, 1.165) is 36.4 Å². The lowest BCUT2D eigenvalue weighted by molar-refractivity contribution is 0.139. The van der Waals surface area contributed by atoms with Crippen molar-refractivity contribution in [3.63, 3.8) is 0 Å². The molecule has 9 nitrogen and oxygen atoms in total. The van der Waals surface area contributed by atoms with Gasteiger partial charge in [-0.05, 0) is 45.0 Å². The van der Waals surface area contributed by atoms with Gasteiger partial charge in [0.1, 0.15) is 5.52 Å². The summed E-state index contributed by atoms with van der Waals surface area (Å²) in [6, 6.07) is 5.57. The third-order valence-electron chi connectivity index (χ3n) is 5.91. The van der Waals surface area contributed by atoms with Crippen molar-refractivity contribution in [1.82, 2.24) is 24.4 Å². The minimum Gasteiger partial charge on any atom is -0.481 e. The number of aromatic nitrogens is 4. The van der Waals surface area contributed by atoms with Crippen LogP contribution in [0.5, 0.6) is 5.88 Å². The van der Waals surface area contributed by atoms with Gasteiger partial charge in [-0.1, -0.05) is 6.42 Å². The van der Waals surface area contributed by atoms with Gasteiger partial charge in [-0.2, -0.15) is 0 Å². The molecule has 176 valence electrons. The van der Waals surface area contributed by atoms with Gasteiger partial charge < -0.3 is 24.3 Å². The standard InChI is InChI=1S/C24H32N6O3/c1-3-33-14-13-30-21-15-19(18-7-8-22(32-2)27-16-18)26-17-20(21)28-23(24(30)31)25-9-12-29-10-5-4-6-11-29/h7-8,15-17H,3-6,9-14H2,1-2H3,(H,25,28). The molecule has 0 aromatic carbocycles. The summed E-state index contributed by atoms with van der Waals surface area (Å²) in [5.41, 5.74) is 2.80. The van der Waals surface area contributed by atoms with E-state index in [4.69, 9.17) is 9.47 Å². The summed E-state index contributed by atoms with van der Waals surface area (Å²) >= 11 is 0. The average Bonchev–Trinajstić information content (AvgIpc) is 2.86. The monoisotopic (exact) mass is 452 g/mol. The number of likely N-dealkylation sites (tertiary alicyclic amines) is 1. The predicted molar refractivity (Wildman–Crippen MR) is 129 cm³/mol. The topological polar surface area (TPSA) is 94.4 Å². The van der Waals surface area contributed by atoms with Crippen molar-refractivity contribution in [3.8, 4) is 17.1 Å². The summed E-state index contributed by atoms with van der Waals surface area (Å²) in [6.07, 6.45) is 7.22. The van der Waals surface area contributed by atoms with Crippen molar-refractivity contribution in [1.29, 1.82) is 0 Å². The molecule has 3 aromatic heterocycles. The maximum absolute atomic E-state index is 13.3. The molecule has 0 saturated carbocycles. The molecule has 1 fully saturated rings. The Morgan fingerprint density at radius 3 is 2.67 bits per heavy atom. The third kappa shape index (κ3) is 5.66. The molecule has 1 saturated heterocycles. The van der Waals surface area contributed by atoms with Crippen molar-refractivity contribution >= 4 is 16.9 Å². The zero-order valence-electron chi connectivity index (χ0n) is 19.4. The number of hydrogen-bond donors (Lipinski definition) is 1. The Morgan fingerprint density at radius 1 is 1.09 bits per heavy atom. The summed E-state index contributed by atoms with van der Waals surface area (Å²) in [7, 11) is 1.58. The fourth-order valence-corrected chi connectivity index (χ4v) is 4.11. The highest BCUT2D eigenvalue weighted by Gasteiger charge is 2.14. The Hall–Kier alpha value is -3.04. The molecule has 1 aliphatic heterocycles. The molecule has 3 aromatic rings. The van der Waals surface area contributed by atoms with Gasteiger partial charge in [0.2, 0.25) is 5.88 Å². The fraction of sp³-hybridized carbons (Fsp3) is 0.500. The van der Waals surface area contributed by atoms with Crippen molar-refractivity contribution in [3.05, 3.63) is 40.9 Å². The zero-order valence-corrected chi connectivity index (χ0v) is 19.4. The maximum atomic E-state index is 13.3. The Labute approximate surface area is 193 Å². The first-order valence-electron chi connectivity index (χ1n) is 11.6. The minimum atomic E-state index is -0.147. The smallest absolute Gasteiger partial charge is 0.293 e. The van der Waals surface area contributed by atoms with Crippen molar-refractivity contribution in [2.75, 3.05) is 51.8 Å². The summed E-state index contributed by atoms with van der Waals surface area (Å²) in [6.45, 7) is 7.27. The number of piperidine rings is 1. The molecule has 33 heavy (non-hydrogen) atoms.